The Hall–Kier alpha value is -3.31. The fourth-order valence-electron chi connectivity index (χ4n) is 10.1. The minimum atomic E-state index is -0.778. The minimum absolute atomic E-state index is 0.00581. The summed E-state index contributed by atoms with van der Waals surface area (Å²) in [5.74, 6) is 1.28. The number of nitrogens with one attached hydrogen (secondary N) is 2. The number of ether oxygens (including phenoxy) is 2. The quantitative estimate of drug-likeness (QED) is 0.0972. The molecular weight excluding hydrogens is 829 g/mol. The van der Waals surface area contributed by atoms with Crippen molar-refractivity contribution >= 4 is 29.4 Å². The maximum absolute atomic E-state index is 14.3. The van der Waals surface area contributed by atoms with Crippen LogP contribution < -0.4 is 15.4 Å². The number of benzene rings is 1. The molecule has 0 radical (unpaired) electrons. The van der Waals surface area contributed by atoms with Crippen LogP contribution in [0.25, 0.3) is 0 Å². The first-order chi connectivity index (χ1) is 30.4. The topological polar surface area (TPSA) is 134 Å². The lowest BCUT2D eigenvalue weighted by Crippen LogP contribution is -2.63. The van der Waals surface area contributed by atoms with Crippen molar-refractivity contribution in [2.45, 2.75) is 235 Å². The standard InChI is InChI=1S/C55H94N4O7/c1-49(2,3)45(61)43-30-27-34-59(43)44(60)39-41-28-26-29-42(38-41)65-36-24-21-19-23-32-54(56-52(10,11)12,46(62)50(4,5)6)31-22-18-16-17-20-25-37-66-48(64)58-35-33-55(40-58,57-53(13,14)15)47(63)51(7,8)9/h26,28-29,38,43,56-57H,16-25,27,30-37,39-40H2,1-15H3/t43-,54?,55-/m0/s1. The summed E-state index contributed by atoms with van der Waals surface area (Å²) in [5, 5.41) is 7.40. The Balaban J connectivity index is 1.43. The Morgan fingerprint density at radius 2 is 1.26 bits per heavy atom. The Bertz CT molecular complexity index is 1760. The summed E-state index contributed by atoms with van der Waals surface area (Å²) in [6, 6.07) is 7.42. The van der Waals surface area contributed by atoms with Crippen molar-refractivity contribution in [3.05, 3.63) is 29.8 Å². The maximum Gasteiger partial charge on any atom is 0.409 e. The SMILES string of the molecule is CC(C)(C)NC(CCCCCCCCOC(=O)N1CC[C@@](NC(C)(C)C)(C(=O)C(C)(C)C)C1)(CCCCCCOc1cccc(CC(=O)N2CCC[C@H]2C(=O)C(C)(C)C)c1)C(=O)C(C)(C)C. The van der Waals surface area contributed by atoms with Crippen LogP contribution in [0.3, 0.4) is 0 Å². The first kappa shape index (κ1) is 57.0. The maximum atomic E-state index is 14.3. The highest BCUT2D eigenvalue weighted by atomic mass is 16.6. The van der Waals surface area contributed by atoms with E-state index in [0.717, 1.165) is 101 Å². The van der Waals surface area contributed by atoms with Crippen LogP contribution in [0.15, 0.2) is 24.3 Å². The second-order valence-corrected chi connectivity index (χ2v) is 24.9. The van der Waals surface area contributed by atoms with E-state index in [1.165, 1.54) is 0 Å². The summed E-state index contributed by atoms with van der Waals surface area (Å²) < 4.78 is 11.8. The molecule has 0 spiro atoms. The van der Waals surface area contributed by atoms with E-state index in [1.807, 2.05) is 86.6 Å². The predicted octanol–water partition coefficient (Wildman–Crippen LogP) is 11.2. The van der Waals surface area contributed by atoms with Crippen LogP contribution in [0.4, 0.5) is 4.79 Å². The molecule has 2 fully saturated rings. The number of ketones is 3. The molecule has 11 nitrogen and oxygen atoms in total. The molecule has 11 heteroatoms. The lowest BCUT2D eigenvalue weighted by molar-refractivity contribution is -0.140. The third-order valence-corrected chi connectivity index (χ3v) is 12.8. The van der Waals surface area contributed by atoms with Gasteiger partial charge in [-0.05, 0) is 104 Å². The average Bonchev–Trinajstić information content (AvgIpc) is 3.85. The summed E-state index contributed by atoms with van der Waals surface area (Å²) in [6.45, 7) is 32.7. The number of hydrogen-bond acceptors (Lipinski definition) is 9. The molecule has 3 atom stereocenters. The van der Waals surface area contributed by atoms with Gasteiger partial charge in [-0.3, -0.25) is 24.5 Å². The van der Waals surface area contributed by atoms with E-state index >= 15 is 0 Å². The lowest BCUT2D eigenvalue weighted by Gasteiger charge is -2.43. The molecular formula is C55H94N4O7. The molecule has 0 saturated carbocycles. The van der Waals surface area contributed by atoms with E-state index in [2.05, 4.69) is 52.2 Å². The third-order valence-electron chi connectivity index (χ3n) is 12.8. The largest absolute Gasteiger partial charge is 0.494 e. The average molecular weight is 923 g/mol. The van der Waals surface area contributed by atoms with Gasteiger partial charge in [0.15, 0.2) is 17.3 Å². The fourth-order valence-corrected chi connectivity index (χ4v) is 10.1. The van der Waals surface area contributed by atoms with E-state index in [9.17, 15) is 24.0 Å². The van der Waals surface area contributed by atoms with Crippen LogP contribution in [-0.2, 0) is 30.3 Å². The van der Waals surface area contributed by atoms with E-state index in [-0.39, 0.29) is 52.9 Å². The first-order valence-corrected chi connectivity index (χ1v) is 25.5. The molecule has 2 aliphatic rings. The number of nitrogens with zero attached hydrogens (tertiary/aromatic N) is 2. The van der Waals surface area contributed by atoms with Crippen molar-refractivity contribution in [1.29, 1.82) is 0 Å². The van der Waals surface area contributed by atoms with Crippen LogP contribution in [0.5, 0.6) is 5.75 Å². The first-order valence-electron chi connectivity index (χ1n) is 25.5. The van der Waals surface area contributed by atoms with Crippen molar-refractivity contribution in [2.75, 3.05) is 32.8 Å². The molecule has 1 aromatic carbocycles. The summed E-state index contributed by atoms with van der Waals surface area (Å²) in [6.07, 6.45) is 13.3. The van der Waals surface area contributed by atoms with Crippen molar-refractivity contribution in [1.82, 2.24) is 20.4 Å². The van der Waals surface area contributed by atoms with Crippen molar-refractivity contribution in [3.8, 4) is 5.75 Å². The fraction of sp³-hybridized carbons (Fsp3) is 0.800. The Morgan fingerprint density at radius 3 is 1.80 bits per heavy atom. The Kier molecular flexibility index (Phi) is 20.6. The number of hydrogen-bond donors (Lipinski definition) is 2. The summed E-state index contributed by atoms with van der Waals surface area (Å²) >= 11 is 0. The number of likely N-dealkylation sites (tertiary alicyclic amines) is 2. The Morgan fingerprint density at radius 1 is 0.682 bits per heavy atom. The van der Waals surface area contributed by atoms with Gasteiger partial charge in [-0.1, -0.05) is 126 Å². The second kappa shape index (κ2) is 23.8. The van der Waals surface area contributed by atoms with Gasteiger partial charge in [0, 0.05) is 47.0 Å². The van der Waals surface area contributed by atoms with Gasteiger partial charge in [0.25, 0.3) is 0 Å². The number of carbonyl (C=O) groups excluding carboxylic acids is 5. The van der Waals surface area contributed by atoms with Crippen molar-refractivity contribution < 1.29 is 33.4 Å². The second-order valence-electron chi connectivity index (χ2n) is 24.9. The zero-order chi connectivity index (χ0) is 49.8. The normalized spacial score (nSPS) is 19.5. The van der Waals surface area contributed by atoms with Crippen LogP contribution in [-0.4, -0.2) is 100 Å². The molecule has 376 valence electrons. The van der Waals surface area contributed by atoms with E-state index in [1.54, 1.807) is 9.80 Å². The number of amides is 2. The van der Waals surface area contributed by atoms with Gasteiger partial charge in [0.1, 0.15) is 5.75 Å². The van der Waals surface area contributed by atoms with E-state index < -0.39 is 27.3 Å². The summed E-state index contributed by atoms with van der Waals surface area (Å²) in [5.41, 5.74) is -2.49. The molecule has 2 amide bonds. The monoisotopic (exact) mass is 923 g/mol. The summed E-state index contributed by atoms with van der Waals surface area (Å²) in [4.78, 5) is 70.8. The van der Waals surface area contributed by atoms with E-state index in [0.29, 0.717) is 39.3 Å². The highest BCUT2D eigenvalue weighted by molar-refractivity contribution is 5.95. The number of carbonyl (C=O) groups is 5. The van der Waals surface area contributed by atoms with Crippen LogP contribution in [0.1, 0.15) is 206 Å². The number of unbranched alkanes of at least 4 members (excludes halogenated alkanes) is 8. The molecule has 2 N–H and O–H groups in total. The zero-order valence-electron chi connectivity index (χ0n) is 44.5. The van der Waals surface area contributed by atoms with Gasteiger partial charge in [-0.2, -0.15) is 0 Å². The number of rotatable bonds is 24. The highest BCUT2D eigenvalue weighted by Gasteiger charge is 2.51. The van der Waals surface area contributed by atoms with Crippen LogP contribution in [0, 0.1) is 16.2 Å². The van der Waals surface area contributed by atoms with Gasteiger partial charge in [0.2, 0.25) is 5.91 Å². The van der Waals surface area contributed by atoms with Gasteiger partial charge in [-0.15, -0.1) is 0 Å². The molecule has 0 bridgehead atoms. The molecule has 2 aliphatic heterocycles. The molecule has 1 aromatic rings. The number of Topliss-reactive ketones (excluding diaryl/α,β-unsaturated/α-hetero) is 3. The van der Waals surface area contributed by atoms with Gasteiger partial charge in [0.05, 0.1) is 36.8 Å². The Labute approximate surface area is 401 Å². The molecule has 1 unspecified atom stereocenters. The molecule has 2 saturated heterocycles. The van der Waals surface area contributed by atoms with Crippen LogP contribution in [0.2, 0.25) is 0 Å². The van der Waals surface area contributed by atoms with Gasteiger partial charge < -0.3 is 24.6 Å². The molecule has 66 heavy (non-hydrogen) atoms. The summed E-state index contributed by atoms with van der Waals surface area (Å²) in [7, 11) is 0. The molecule has 3 rings (SSSR count). The van der Waals surface area contributed by atoms with Crippen LogP contribution >= 0.6 is 0 Å². The minimum Gasteiger partial charge on any atom is -0.494 e. The van der Waals surface area contributed by atoms with Crippen molar-refractivity contribution in [2.24, 2.45) is 16.2 Å². The van der Waals surface area contributed by atoms with Gasteiger partial charge >= 0.3 is 6.09 Å². The molecule has 2 heterocycles. The lowest BCUT2D eigenvalue weighted by atomic mass is 9.72. The van der Waals surface area contributed by atoms with Crippen molar-refractivity contribution in [3.63, 3.8) is 0 Å². The highest BCUT2D eigenvalue weighted by Crippen LogP contribution is 2.36. The molecule has 0 aliphatic carbocycles. The third kappa shape index (κ3) is 18.0. The predicted molar refractivity (Wildman–Crippen MR) is 268 cm³/mol. The zero-order valence-corrected chi connectivity index (χ0v) is 44.5. The van der Waals surface area contributed by atoms with Gasteiger partial charge in [-0.25, -0.2) is 4.79 Å². The molecule has 0 aromatic heterocycles. The van der Waals surface area contributed by atoms with E-state index in [4.69, 9.17) is 9.47 Å². The smallest absolute Gasteiger partial charge is 0.409 e.